The van der Waals surface area contributed by atoms with Crippen LogP contribution in [0.4, 0.5) is 5.82 Å². The van der Waals surface area contributed by atoms with E-state index in [9.17, 15) is 0 Å². The summed E-state index contributed by atoms with van der Waals surface area (Å²) in [7, 11) is 1.65. The van der Waals surface area contributed by atoms with Crippen LogP contribution in [0.5, 0.6) is 5.75 Å². The Kier molecular flexibility index (Phi) is 3.06. The molecule has 0 atom stereocenters. The molecule has 3 rings (SSSR count). The van der Waals surface area contributed by atoms with Gasteiger partial charge in [-0.15, -0.1) is 0 Å². The molecular formula is C14H17N5O. The Morgan fingerprint density at radius 3 is 2.90 bits per heavy atom. The number of imidazole rings is 1. The van der Waals surface area contributed by atoms with E-state index in [1.54, 1.807) is 13.3 Å². The van der Waals surface area contributed by atoms with Crippen LogP contribution in [0.15, 0.2) is 24.4 Å². The fourth-order valence-corrected chi connectivity index (χ4v) is 2.37. The Hall–Kier alpha value is -2.50. The summed E-state index contributed by atoms with van der Waals surface area (Å²) in [6.45, 7) is 3.01. The van der Waals surface area contributed by atoms with E-state index in [2.05, 4.69) is 26.7 Å². The van der Waals surface area contributed by atoms with Gasteiger partial charge in [-0.2, -0.15) is 5.10 Å². The molecule has 0 aliphatic carbocycles. The van der Waals surface area contributed by atoms with E-state index in [0.717, 1.165) is 41.1 Å². The maximum absolute atomic E-state index is 5.92. The highest BCUT2D eigenvalue weighted by Gasteiger charge is 2.16. The molecule has 0 spiro atoms. The predicted molar refractivity (Wildman–Crippen MR) is 78.6 cm³/mol. The molecule has 1 aromatic carbocycles. The number of aryl methyl sites for hydroxylation is 1. The smallest absolute Gasteiger partial charge is 0.146 e. The van der Waals surface area contributed by atoms with Crippen LogP contribution in [0, 0.1) is 0 Å². The summed E-state index contributed by atoms with van der Waals surface area (Å²) in [5.41, 5.74) is 8.72. The highest BCUT2D eigenvalue weighted by atomic mass is 16.5. The third kappa shape index (κ3) is 1.89. The molecule has 6 heteroatoms. The average molecular weight is 271 g/mol. The first kappa shape index (κ1) is 12.5. The lowest BCUT2D eigenvalue weighted by Crippen LogP contribution is -2.00. The summed E-state index contributed by atoms with van der Waals surface area (Å²) in [4.78, 5) is 4.69. The van der Waals surface area contributed by atoms with Crippen LogP contribution in [0.3, 0.4) is 0 Å². The maximum atomic E-state index is 5.92. The van der Waals surface area contributed by atoms with Gasteiger partial charge in [0.15, 0.2) is 0 Å². The number of nitrogen functional groups attached to an aromatic ring is 1. The quantitative estimate of drug-likeness (QED) is 0.763. The molecule has 0 saturated heterocycles. The number of nitrogens with one attached hydrogen (secondary N) is 1. The van der Waals surface area contributed by atoms with Gasteiger partial charge >= 0.3 is 0 Å². The monoisotopic (exact) mass is 271 g/mol. The zero-order chi connectivity index (χ0) is 14.1. The van der Waals surface area contributed by atoms with Crippen LogP contribution in [0.25, 0.3) is 22.4 Å². The van der Waals surface area contributed by atoms with Crippen molar-refractivity contribution in [3.8, 4) is 17.1 Å². The van der Waals surface area contributed by atoms with Gasteiger partial charge in [0, 0.05) is 12.6 Å². The molecule has 0 bridgehead atoms. The summed E-state index contributed by atoms with van der Waals surface area (Å²) >= 11 is 0. The molecule has 0 aliphatic rings. The second kappa shape index (κ2) is 4.88. The van der Waals surface area contributed by atoms with Gasteiger partial charge in [-0.1, -0.05) is 6.92 Å². The third-order valence-electron chi connectivity index (χ3n) is 3.31. The van der Waals surface area contributed by atoms with Gasteiger partial charge in [0.2, 0.25) is 0 Å². The molecule has 3 N–H and O–H groups in total. The van der Waals surface area contributed by atoms with Crippen LogP contribution in [0.2, 0.25) is 0 Å². The maximum Gasteiger partial charge on any atom is 0.146 e. The van der Waals surface area contributed by atoms with Crippen molar-refractivity contribution in [3.05, 3.63) is 24.4 Å². The second-order valence-electron chi connectivity index (χ2n) is 4.64. The predicted octanol–water partition coefficient (Wildman–Crippen LogP) is 2.43. The highest BCUT2D eigenvalue weighted by molar-refractivity contribution is 5.83. The van der Waals surface area contributed by atoms with Gasteiger partial charge in [0.05, 0.1) is 29.9 Å². The number of nitrogens with zero attached hydrogens (tertiary/aromatic N) is 3. The fourth-order valence-electron chi connectivity index (χ4n) is 2.37. The summed E-state index contributed by atoms with van der Waals surface area (Å²) < 4.78 is 7.42. The number of ether oxygens (including phenoxy) is 1. The topological polar surface area (TPSA) is 81.8 Å². The Bertz CT molecular complexity index is 743. The molecule has 0 saturated carbocycles. The Morgan fingerprint density at radius 1 is 1.40 bits per heavy atom. The van der Waals surface area contributed by atoms with Crippen LogP contribution >= 0.6 is 0 Å². The number of aromatic amines is 1. The minimum absolute atomic E-state index is 0.532. The number of aromatic nitrogens is 4. The number of H-pyrrole nitrogens is 1. The lowest BCUT2D eigenvalue weighted by molar-refractivity contribution is 0.415. The Balaban J connectivity index is 2.25. The largest absolute Gasteiger partial charge is 0.497 e. The molecule has 0 unspecified atom stereocenters. The molecule has 2 aromatic heterocycles. The van der Waals surface area contributed by atoms with E-state index >= 15 is 0 Å². The van der Waals surface area contributed by atoms with Crippen molar-refractivity contribution in [1.82, 2.24) is 19.7 Å². The molecule has 0 amide bonds. The first-order valence-electron chi connectivity index (χ1n) is 6.58. The van der Waals surface area contributed by atoms with E-state index in [4.69, 9.17) is 10.5 Å². The second-order valence-corrected chi connectivity index (χ2v) is 4.64. The van der Waals surface area contributed by atoms with Crippen molar-refractivity contribution in [2.24, 2.45) is 0 Å². The molecule has 0 aliphatic heterocycles. The number of benzene rings is 1. The summed E-state index contributed by atoms with van der Waals surface area (Å²) in [6.07, 6.45) is 2.72. The van der Waals surface area contributed by atoms with E-state index in [-0.39, 0.29) is 0 Å². The highest BCUT2D eigenvalue weighted by Crippen LogP contribution is 2.29. The van der Waals surface area contributed by atoms with Gasteiger partial charge < -0.3 is 15.0 Å². The number of nitrogens with two attached hydrogens (primary N) is 1. The minimum atomic E-state index is 0.532. The van der Waals surface area contributed by atoms with Crippen LogP contribution in [-0.2, 0) is 6.54 Å². The zero-order valence-electron chi connectivity index (χ0n) is 11.6. The summed E-state index contributed by atoms with van der Waals surface area (Å²) in [6, 6.07) is 5.90. The molecule has 6 nitrogen and oxygen atoms in total. The zero-order valence-corrected chi connectivity index (χ0v) is 11.6. The molecule has 104 valence electrons. The van der Waals surface area contributed by atoms with Crippen molar-refractivity contribution < 1.29 is 4.74 Å². The number of methoxy groups -OCH3 is 1. The van der Waals surface area contributed by atoms with Crippen molar-refractivity contribution >= 4 is 16.9 Å². The van der Waals surface area contributed by atoms with Crippen LogP contribution in [-0.4, -0.2) is 26.9 Å². The first-order chi connectivity index (χ1) is 9.74. The van der Waals surface area contributed by atoms with Gasteiger partial charge in [0.1, 0.15) is 17.4 Å². The van der Waals surface area contributed by atoms with Gasteiger partial charge in [-0.25, -0.2) is 4.98 Å². The molecule has 0 radical (unpaired) electrons. The lowest BCUT2D eigenvalue weighted by atomic mass is 10.3. The number of fused-ring (bicyclic) bond motifs is 1. The van der Waals surface area contributed by atoms with E-state index < -0.39 is 0 Å². The van der Waals surface area contributed by atoms with Gasteiger partial charge in [-0.05, 0) is 18.6 Å². The Morgan fingerprint density at radius 2 is 2.25 bits per heavy atom. The van der Waals surface area contributed by atoms with Crippen LogP contribution in [0.1, 0.15) is 13.3 Å². The van der Waals surface area contributed by atoms with Crippen LogP contribution < -0.4 is 10.5 Å². The summed E-state index contributed by atoms with van der Waals surface area (Å²) in [5.74, 6) is 2.16. The average Bonchev–Trinajstić information content (AvgIpc) is 3.02. The number of anilines is 1. The third-order valence-corrected chi connectivity index (χ3v) is 3.31. The fraction of sp³-hybridized carbons (Fsp3) is 0.286. The SMILES string of the molecule is CCCn1c(-c2cn[nH]c2N)nc2cc(OC)ccc21. The lowest BCUT2D eigenvalue weighted by Gasteiger charge is -2.07. The first-order valence-corrected chi connectivity index (χ1v) is 6.58. The summed E-state index contributed by atoms with van der Waals surface area (Å²) in [5, 5.41) is 6.73. The molecular weight excluding hydrogens is 254 g/mol. The molecule has 0 fully saturated rings. The van der Waals surface area contributed by atoms with Crippen molar-refractivity contribution in [3.63, 3.8) is 0 Å². The standard InChI is InChI=1S/C14H17N5O/c1-3-6-19-12-5-4-9(20-2)7-11(12)17-14(19)10-8-16-18-13(10)15/h4-5,7-8H,3,6H2,1-2H3,(H3,15,16,18). The number of rotatable bonds is 4. The van der Waals surface area contributed by atoms with Crippen molar-refractivity contribution in [1.29, 1.82) is 0 Å². The van der Waals surface area contributed by atoms with Gasteiger partial charge in [0.25, 0.3) is 0 Å². The van der Waals surface area contributed by atoms with Crippen molar-refractivity contribution in [2.45, 2.75) is 19.9 Å². The molecule has 3 aromatic rings. The molecule has 2 heterocycles. The number of hydrogen-bond acceptors (Lipinski definition) is 4. The normalized spacial score (nSPS) is 11.1. The van der Waals surface area contributed by atoms with E-state index in [1.165, 1.54) is 0 Å². The van der Waals surface area contributed by atoms with E-state index in [1.807, 2.05) is 18.2 Å². The van der Waals surface area contributed by atoms with Gasteiger partial charge in [-0.3, -0.25) is 5.10 Å². The Labute approximate surface area is 116 Å². The number of hydrogen-bond donors (Lipinski definition) is 2. The molecule has 20 heavy (non-hydrogen) atoms. The minimum Gasteiger partial charge on any atom is -0.497 e. The van der Waals surface area contributed by atoms with Crippen molar-refractivity contribution in [2.75, 3.05) is 12.8 Å². The van der Waals surface area contributed by atoms with E-state index in [0.29, 0.717) is 5.82 Å².